The summed E-state index contributed by atoms with van der Waals surface area (Å²) < 4.78 is 36.6. The first kappa shape index (κ1) is 16.9. The first-order valence-corrected chi connectivity index (χ1v) is 9.75. The summed E-state index contributed by atoms with van der Waals surface area (Å²) in [5.41, 5.74) is 0.436. The fourth-order valence-corrected chi connectivity index (χ4v) is 4.29. The Balaban J connectivity index is 1.69. The molecule has 2 amide bonds. The van der Waals surface area contributed by atoms with Gasteiger partial charge in [-0.1, -0.05) is 6.07 Å². The van der Waals surface area contributed by atoms with E-state index < -0.39 is 26.8 Å². The second kappa shape index (κ2) is 6.16. The van der Waals surface area contributed by atoms with E-state index in [1.807, 2.05) is 0 Å². The molecule has 6 nitrogen and oxygen atoms in total. The van der Waals surface area contributed by atoms with Gasteiger partial charge in [0.25, 0.3) is 0 Å². The third kappa shape index (κ3) is 3.28. The average Bonchev–Trinajstić information content (AvgIpc) is 3.13. The molecular weight excluding hydrogens is 335 g/mol. The van der Waals surface area contributed by atoms with Gasteiger partial charge >= 0.3 is 0 Å². The third-order valence-electron chi connectivity index (χ3n) is 4.66. The average molecular weight is 354 g/mol. The number of amides is 2. The minimum absolute atomic E-state index is 0.0649. The summed E-state index contributed by atoms with van der Waals surface area (Å²) in [6, 6.07) is 5.70. The third-order valence-corrected chi connectivity index (χ3v) is 6.25. The smallest absolute Gasteiger partial charge is 0.228 e. The van der Waals surface area contributed by atoms with Crippen molar-refractivity contribution in [3.63, 3.8) is 0 Å². The van der Waals surface area contributed by atoms with Crippen LogP contribution >= 0.6 is 0 Å². The van der Waals surface area contributed by atoms with E-state index in [0.717, 1.165) is 0 Å². The molecule has 2 atom stereocenters. The van der Waals surface area contributed by atoms with E-state index in [0.29, 0.717) is 18.7 Å². The van der Waals surface area contributed by atoms with Crippen molar-refractivity contribution in [2.24, 2.45) is 5.92 Å². The van der Waals surface area contributed by atoms with E-state index in [1.165, 1.54) is 34.3 Å². The first-order valence-electron chi connectivity index (χ1n) is 7.79. The lowest BCUT2D eigenvalue weighted by molar-refractivity contribution is -0.134. The number of likely N-dealkylation sites (tertiary alicyclic amines) is 1. The lowest BCUT2D eigenvalue weighted by Crippen LogP contribution is -2.37. The first-order chi connectivity index (χ1) is 11.3. The van der Waals surface area contributed by atoms with Crippen LogP contribution in [0.2, 0.25) is 0 Å². The lowest BCUT2D eigenvalue weighted by atomic mass is 10.1. The van der Waals surface area contributed by atoms with E-state index in [9.17, 15) is 22.4 Å². The van der Waals surface area contributed by atoms with Crippen molar-refractivity contribution >= 4 is 27.3 Å². The molecule has 1 aromatic carbocycles. The highest BCUT2D eigenvalue weighted by molar-refractivity contribution is 7.91. The van der Waals surface area contributed by atoms with Crippen molar-refractivity contribution in [3.05, 3.63) is 30.1 Å². The van der Waals surface area contributed by atoms with Crippen molar-refractivity contribution in [2.75, 3.05) is 30.8 Å². The van der Waals surface area contributed by atoms with Crippen molar-refractivity contribution in [3.8, 4) is 0 Å². The number of halogens is 1. The predicted octanol–water partition coefficient (Wildman–Crippen LogP) is 0.824. The summed E-state index contributed by atoms with van der Waals surface area (Å²) in [6.07, 6.45) is 1.67. The van der Waals surface area contributed by atoms with Crippen LogP contribution < -0.4 is 4.90 Å². The van der Waals surface area contributed by atoms with Crippen LogP contribution in [0.1, 0.15) is 12.8 Å². The molecule has 2 heterocycles. The monoisotopic (exact) mass is 354 g/mol. The molecule has 0 N–H and O–H groups in total. The Hall–Kier alpha value is -1.96. The Morgan fingerprint density at radius 2 is 2.04 bits per heavy atom. The molecule has 0 spiro atoms. The fourth-order valence-electron chi connectivity index (χ4n) is 3.30. The topological polar surface area (TPSA) is 74.8 Å². The van der Waals surface area contributed by atoms with Crippen molar-refractivity contribution < 1.29 is 22.4 Å². The molecule has 2 fully saturated rings. The number of rotatable bonds is 3. The van der Waals surface area contributed by atoms with Gasteiger partial charge in [0.15, 0.2) is 9.84 Å². The molecule has 0 aliphatic carbocycles. The molecule has 0 radical (unpaired) electrons. The summed E-state index contributed by atoms with van der Waals surface area (Å²) in [5.74, 6) is -1.38. The number of hydrogen-bond donors (Lipinski definition) is 0. The van der Waals surface area contributed by atoms with Crippen LogP contribution in [0.5, 0.6) is 0 Å². The second-order valence-corrected chi connectivity index (χ2v) is 8.74. The number of hydrogen-bond acceptors (Lipinski definition) is 4. The Morgan fingerprint density at radius 3 is 2.67 bits per heavy atom. The van der Waals surface area contributed by atoms with Crippen LogP contribution in [-0.4, -0.2) is 56.3 Å². The van der Waals surface area contributed by atoms with Crippen LogP contribution in [0.25, 0.3) is 0 Å². The van der Waals surface area contributed by atoms with Gasteiger partial charge in [0, 0.05) is 38.0 Å². The van der Waals surface area contributed by atoms with E-state index in [4.69, 9.17) is 0 Å². The zero-order valence-corrected chi connectivity index (χ0v) is 14.1. The van der Waals surface area contributed by atoms with E-state index >= 15 is 0 Å². The maximum absolute atomic E-state index is 13.3. The van der Waals surface area contributed by atoms with E-state index in [2.05, 4.69) is 0 Å². The second-order valence-electron chi connectivity index (χ2n) is 6.41. The summed E-state index contributed by atoms with van der Waals surface area (Å²) in [4.78, 5) is 27.7. The van der Waals surface area contributed by atoms with Crippen LogP contribution in [0, 0.1) is 11.7 Å². The summed E-state index contributed by atoms with van der Waals surface area (Å²) in [7, 11) is -3.17. The highest BCUT2D eigenvalue weighted by atomic mass is 32.2. The molecule has 8 heteroatoms. The minimum atomic E-state index is -3.17. The molecule has 1 aromatic rings. The maximum Gasteiger partial charge on any atom is 0.228 e. The Bertz CT molecular complexity index is 780. The molecule has 2 aliphatic heterocycles. The minimum Gasteiger partial charge on any atom is -0.341 e. The molecule has 24 heavy (non-hydrogen) atoms. The normalized spacial score (nSPS) is 24.7. The molecule has 2 unspecified atom stereocenters. The molecule has 3 rings (SSSR count). The fraction of sp³-hybridized carbons (Fsp3) is 0.500. The van der Waals surface area contributed by atoms with Gasteiger partial charge < -0.3 is 9.80 Å². The van der Waals surface area contributed by atoms with Crippen LogP contribution in [0.15, 0.2) is 24.3 Å². The summed E-state index contributed by atoms with van der Waals surface area (Å²) in [5, 5.41) is -0.530. The number of benzene rings is 1. The van der Waals surface area contributed by atoms with Gasteiger partial charge in [0.2, 0.25) is 11.8 Å². The predicted molar refractivity (Wildman–Crippen MR) is 86.7 cm³/mol. The lowest BCUT2D eigenvalue weighted by Gasteiger charge is -2.21. The van der Waals surface area contributed by atoms with E-state index in [-0.39, 0.29) is 31.3 Å². The van der Waals surface area contributed by atoms with Crippen LogP contribution in [0.4, 0.5) is 10.1 Å². The van der Waals surface area contributed by atoms with Gasteiger partial charge in [-0.15, -0.1) is 0 Å². The van der Waals surface area contributed by atoms with Gasteiger partial charge in [-0.2, -0.15) is 0 Å². The molecule has 130 valence electrons. The van der Waals surface area contributed by atoms with Gasteiger partial charge in [0.1, 0.15) is 5.82 Å². The van der Waals surface area contributed by atoms with Crippen molar-refractivity contribution in [2.45, 2.75) is 18.1 Å². The van der Waals surface area contributed by atoms with Gasteiger partial charge in [-0.05, 0) is 24.6 Å². The van der Waals surface area contributed by atoms with Crippen molar-refractivity contribution in [1.29, 1.82) is 0 Å². The van der Waals surface area contributed by atoms with Gasteiger partial charge in [-0.25, -0.2) is 12.8 Å². The number of sulfone groups is 1. The highest BCUT2D eigenvalue weighted by Gasteiger charge is 2.40. The molecule has 2 saturated heterocycles. The zero-order chi connectivity index (χ0) is 17.5. The number of carbonyl (C=O) groups is 2. The maximum atomic E-state index is 13.3. The summed E-state index contributed by atoms with van der Waals surface area (Å²) in [6.45, 7) is 0.769. The SMILES string of the molecule is CS(=O)(=O)C1CCN(C(=O)C2CC(=O)N(c3cccc(F)c3)C2)C1. The largest absolute Gasteiger partial charge is 0.341 e. The Morgan fingerprint density at radius 1 is 1.29 bits per heavy atom. The van der Waals surface area contributed by atoms with Gasteiger partial charge in [0.05, 0.1) is 11.2 Å². The Kier molecular flexibility index (Phi) is 4.33. The van der Waals surface area contributed by atoms with Crippen molar-refractivity contribution in [1.82, 2.24) is 4.90 Å². The molecular formula is C16H19FN2O4S. The van der Waals surface area contributed by atoms with E-state index in [1.54, 1.807) is 6.07 Å². The quantitative estimate of drug-likeness (QED) is 0.806. The molecule has 0 aromatic heterocycles. The standard InChI is InChI=1S/C16H19FN2O4S/c1-24(22,23)14-5-6-18(10-14)16(21)11-7-15(20)19(9-11)13-4-2-3-12(17)8-13/h2-4,8,11,14H,5-7,9-10H2,1H3. The molecule has 0 bridgehead atoms. The number of nitrogens with zero attached hydrogens (tertiary/aromatic N) is 2. The zero-order valence-electron chi connectivity index (χ0n) is 13.3. The Labute approximate surface area is 140 Å². The molecule has 0 saturated carbocycles. The molecule has 2 aliphatic rings. The van der Waals surface area contributed by atoms with Crippen LogP contribution in [0.3, 0.4) is 0 Å². The van der Waals surface area contributed by atoms with Gasteiger partial charge in [-0.3, -0.25) is 9.59 Å². The highest BCUT2D eigenvalue weighted by Crippen LogP contribution is 2.28. The van der Waals surface area contributed by atoms with Crippen LogP contribution in [-0.2, 0) is 19.4 Å². The number of anilines is 1. The number of carbonyl (C=O) groups excluding carboxylic acids is 2. The summed E-state index contributed by atoms with van der Waals surface area (Å²) >= 11 is 0.